The Morgan fingerprint density at radius 1 is 1.21 bits per heavy atom. The Kier molecular flexibility index (Phi) is 3.84. The number of hydrogen-bond acceptors (Lipinski definition) is 3. The van der Waals surface area contributed by atoms with Crippen LogP contribution in [-0.4, -0.2) is 9.97 Å². The standard InChI is InChI=1S/C8H7ClN2S.C2H6/c1-4-3-12-7-5(2)10-8(9)11-6(4)7;1-2/h3H,1-2H3;1-2H3. The molecule has 0 bridgehead atoms. The second-order valence-corrected chi connectivity index (χ2v) is 3.89. The van der Waals surface area contributed by atoms with Gasteiger partial charge < -0.3 is 0 Å². The van der Waals surface area contributed by atoms with Crippen LogP contribution in [-0.2, 0) is 0 Å². The van der Waals surface area contributed by atoms with E-state index in [1.807, 2.05) is 27.7 Å². The Morgan fingerprint density at radius 2 is 1.86 bits per heavy atom. The smallest absolute Gasteiger partial charge is 0.222 e. The molecule has 0 radical (unpaired) electrons. The highest BCUT2D eigenvalue weighted by Crippen LogP contribution is 2.26. The van der Waals surface area contributed by atoms with Crippen LogP contribution in [0.2, 0.25) is 5.28 Å². The fourth-order valence-electron chi connectivity index (χ4n) is 1.14. The number of hydrogen-bond donors (Lipinski definition) is 0. The van der Waals surface area contributed by atoms with Gasteiger partial charge in [-0.15, -0.1) is 11.3 Å². The van der Waals surface area contributed by atoms with E-state index in [-0.39, 0.29) is 0 Å². The van der Waals surface area contributed by atoms with Gasteiger partial charge in [0.25, 0.3) is 0 Å². The lowest BCUT2D eigenvalue weighted by atomic mass is 10.3. The molecule has 4 heteroatoms. The van der Waals surface area contributed by atoms with Gasteiger partial charge in [0.05, 0.1) is 15.9 Å². The van der Waals surface area contributed by atoms with Crippen molar-refractivity contribution in [1.82, 2.24) is 9.97 Å². The second kappa shape index (κ2) is 4.71. The van der Waals surface area contributed by atoms with Crippen molar-refractivity contribution >= 4 is 33.2 Å². The van der Waals surface area contributed by atoms with E-state index in [0.29, 0.717) is 5.28 Å². The minimum atomic E-state index is 0.335. The average Bonchev–Trinajstić information content (AvgIpc) is 2.52. The molecule has 0 aliphatic heterocycles. The van der Waals surface area contributed by atoms with Gasteiger partial charge in [0.2, 0.25) is 5.28 Å². The van der Waals surface area contributed by atoms with Crippen molar-refractivity contribution in [2.75, 3.05) is 0 Å². The molecule has 76 valence electrons. The van der Waals surface area contributed by atoms with Crippen molar-refractivity contribution in [3.05, 3.63) is 21.9 Å². The molecule has 0 aliphatic carbocycles. The van der Waals surface area contributed by atoms with Crippen molar-refractivity contribution in [2.24, 2.45) is 0 Å². The summed E-state index contributed by atoms with van der Waals surface area (Å²) >= 11 is 7.40. The van der Waals surface area contributed by atoms with Crippen molar-refractivity contribution in [2.45, 2.75) is 27.7 Å². The molecule has 0 saturated carbocycles. The van der Waals surface area contributed by atoms with E-state index in [9.17, 15) is 0 Å². The maximum atomic E-state index is 5.74. The predicted molar refractivity (Wildman–Crippen MR) is 63.2 cm³/mol. The normalized spacial score (nSPS) is 9.79. The van der Waals surface area contributed by atoms with E-state index in [1.54, 1.807) is 11.3 Å². The predicted octanol–water partition coefficient (Wildman–Crippen LogP) is 3.99. The summed E-state index contributed by atoms with van der Waals surface area (Å²) in [4.78, 5) is 8.24. The van der Waals surface area contributed by atoms with Crippen molar-refractivity contribution < 1.29 is 0 Å². The van der Waals surface area contributed by atoms with Crippen LogP contribution < -0.4 is 0 Å². The third-order valence-corrected chi connectivity index (χ3v) is 3.10. The third kappa shape index (κ3) is 2.04. The molecule has 0 amide bonds. The van der Waals surface area contributed by atoms with Crippen LogP contribution in [0.15, 0.2) is 5.38 Å². The van der Waals surface area contributed by atoms with Crippen molar-refractivity contribution in [3.8, 4) is 0 Å². The molecule has 0 N–H and O–H groups in total. The summed E-state index contributed by atoms with van der Waals surface area (Å²) < 4.78 is 1.14. The first kappa shape index (κ1) is 11.4. The zero-order chi connectivity index (χ0) is 10.7. The van der Waals surface area contributed by atoms with Gasteiger partial charge in [-0.05, 0) is 36.4 Å². The molecule has 2 rings (SSSR count). The molecule has 0 unspecified atom stereocenters. The lowest BCUT2D eigenvalue weighted by Crippen LogP contribution is -1.86. The van der Waals surface area contributed by atoms with Crippen molar-refractivity contribution in [3.63, 3.8) is 0 Å². The number of halogens is 1. The zero-order valence-corrected chi connectivity index (χ0v) is 10.3. The lowest BCUT2D eigenvalue weighted by Gasteiger charge is -1.95. The quantitative estimate of drug-likeness (QED) is 0.638. The van der Waals surface area contributed by atoms with Gasteiger partial charge in [-0.3, -0.25) is 0 Å². The van der Waals surface area contributed by atoms with Crippen LogP contribution in [0, 0.1) is 13.8 Å². The van der Waals surface area contributed by atoms with E-state index in [4.69, 9.17) is 11.6 Å². The fourth-order valence-corrected chi connectivity index (χ4v) is 2.29. The van der Waals surface area contributed by atoms with Gasteiger partial charge in [0.1, 0.15) is 0 Å². The molecule has 2 heterocycles. The van der Waals surface area contributed by atoms with Crippen LogP contribution in [0.5, 0.6) is 0 Å². The van der Waals surface area contributed by atoms with E-state index >= 15 is 0 Å². The lowest BCUT2D eigenvalue weighted by molar-refractivity contribution is 1.16. The van der Waals surface area contributed by atoms with Gasteiger partial charge in [-0.25, -0.2) is 9.97 Å². The number of rotatable bonds is 0. The van der Waals surface area contributed by atoms with Gasteiger partial charge >= 0.3 is 0 Å². The van der Waals surface area contributed by atoms with Crippen LogP contribution in [0.1, 0.15) is 25.1 Å². The molecule has 0 aromatic carbocycles. The van der Waals surface area contributed by atoms with Gasteiger partial charge in [-0.1, -0.05) is 13.8 Å². The van der Waals surface area contributed by atoms with Crippen LogP contribution in [0.25, 0.3) is 10.2 Å². The highest BCUT2D eigenvalue weighted by Gasteiger charge is 2.06. The molecule has 0 saturated heterocycles. The molecule has 2 aromatic heterocycles. The Labute approximate surface area is 93.0 Å². The molecule has 14 heavy (non-hydrogen) atoms. The molecule has 2 nitrogen and oxygen atoms in total. The minimum absolute atomic E-state index is 0.335. The monoisotopic (exact) mass is 228 g/mol. The van der Waals surface area contributed by atoms with Gasteiger partial charge in [0.15, 0.2) is 0 Å². The molecular weight excluding hydrogens is 216 g/mol. The topological polar surface area (TPSA) is 25.8 Å². The summed E-state index contributed by atoms with van der Waals surface area (Å²) in [5.74, 6) is 0. The first-order valence-corrected chi connectivity index (χ1v) is 5.82. The summed E-state index contributed by atoms with van der Waals surface area (Å²) in [6.45, 7) is 7.98. The molecule has 0 atom stereocenters. The van der Waals surface area contributed by atoms with Crippen LogP contribution in [0.4, 0.5) is 0 Å². The van der Waals surface area contributed by atoms with Crippen LogP contribution >= 0.6 is 22.9 Å². The SMILES string of the molecule is CC.Cc1csc2c(C)nc(Cl)nc12. The number of aromatic nitrogens is 2. The summed E-state index contributed by atoms with van der Waals surface area (Å²) in [5.41, 5.74) is 3.11. The fraction of sp³-hybridized carbons (Fsp3) is 0.400. The average molecular weight is 229 g/mol. The van der Waals surface area contributed by atoms with Crippen molar-refractivity contribution in [1.29, 1.82) is 0 Å². The van der Waals surface area contributed by atoms with Crippen LogP contribution in [0.3, 0.4) is 0 Å². The largest absolute Gasteiger partial charge is 0.223 e. The van der Waals surface area contributed by atoms with E-state index < -0.39 is 0 Å². The number of fused-ring (bicyclic) bond motifs is 1. The molecule has 0 aliphatic rings. The number of nitrogens with zero attached hydrogens (tertiary/aromatic N) is 2. The van der Waals surface area contributed by atoms with E-state index in [0.717, 1.165) is 15.9 Å². The summed E-state index contributed by atoms with van der Waals surface area (Å²) in [7, 11) is 0. The Balaban J connectivity index is 0.000000461. The maximum absolute atomic E-state index is 5.74. The number of aryl methyl sites for hydroxylation is 2. The first-order chi connectivity index (χ1) is 6.68. The molecule has 0 fully saturated rings. The molecular formula is C10H13ClN2S. The first-order valence-electron chi connectivity index (χ1n) is 4.56. The third-order valence-electron chi connectivity index (χ3n) is 1.73. The summed E-state index contributed by atoms with van der Waals surface area (Å²) in [6, 6.07) is 0. The summed E-state index contributed by atoms with van der Waals surface area (Å²) in [5, 5.41) is 2.41. The maximum Gasteiger partial charge on any atom is 0.223 e. The minimum Gasteiger partial charge on any atom is -0.222 e. The summed E-state index contributed by atoms with van der Waals surface area (Å²) in [6.07, 6.45) is 0. The molecule has 0 spiro atoms. The second-order valence-electron chi connectivity index (χ2n) is 2.67. The Hall–Kier alpha value is -0.670. The number of thiophene rings is 1. The zero-order valence-electron chi connectivity index (χ0n) is 8.76. The van der Waals surface area contributed by atoms with Gasteiger partial charge in [0, 0.05) is 0 Å². The molecule has 2 aromatic rings. The van der Waals surface area contributed by atoms with Gasteiger partial charge in [-0.2, -0.15) is 0 Å². The highest BCUT2D eigenvalue weighted by atomic mass is 35.5. The Bertz CT molecular complexity index is 437. The van der Waals surface area contributed by atoms with E-state index in [1.165, 1.54) is 5.56 Å². The van der Waals surface area contributed by atoms with E-state index in [2.05, 4.69) is 15.3 Å². The Morgan fingerprint density at radius 3 is 2.50 bits per heavy atom. The highest BCUT2D eigenvalue weighted by molar-refractivity contribution is 7.17.